The van der Waals surface area contributed by atoms with Crippen LogP contribution >= 0.6 is 12.4 Å². The average molecular weight is 370 g/mol. The van der Waals surface area contributed by atoms with Crippen LogP contribution in [0.25, 0.3) is 0 Å². The molecule has 3 rings (SSSR count). The summed E-state index contributed by atoms with van der Waals surface area (Å²) in [4.78, 5) is 15.1. The van der Waals surface area contributed by atoms with Crippen LogP contribution in [0.2, 0.25) is 0 Å². The summed E-state index contributed by atoms with van der Waals surface area (Å²) in [5.41, 5.74) is 1.18. The Labute approximate surface area is 156 Å². The number of hydrogen-bond acceptors (Lipinski definition) is 4. The lowest BCUT2D eigenvalue weighted by Crippen LogP contribution is -2.27. The quantitative estimate of drug-likeness (QED) is 0.304. The second kappa shape index (κ2) is 8.75. The van der Waals surface area contributed by atoms with E-state index in [1.807, 2.05) is 24.3 Å². The fraction of sp³-hybridized carbons (Fsp3) is 0. The number of aliphatic imine (C=N–C) groups is 1. The summed E-state index contributed by atoms with van der Waals surface area (Å²) in [6.07, 6.45) is 0. The van der Waals surface area contributed by atoms with Crippen molar-refractivity contribution in [2.45, 2.75) is 0 Å². The van der Waals surface area contributed by atoms with Crippen LogP contribution in [0.3, 0.4) is 0 Å². The molecule has 0 saturated carbocycles. The van der Waals surface area contributed by atoms with Crippen molar-refractivity contribution >= 4 is 35.3 Å². The maximum atomic E-state index is 11.2. The lowest BCUT2D eigenvalue weighted by molar-refractivity contribution is -0.384. The highest BCUT2D eigenvalue weighted by Crippen LogP contribution is 2.28. The molecule has 0 spiro atoms. The van der Waals surface area contributed by atoms with E-state index in [1.165, 1.54) is 6.07 Å². The number of rotatable bonds is 4. The van der Waals surface area contributed by atoms with Crippen LogP contribution in [0.4, 0.5) is 17.1 Å². The molecular weight excluding hydrogens is 354 g/mol. The van der Waals surface area contributed by atoms with Crippen molar-refractivity contribution < 1.29 is 10.1 Å². The molecule has 1 N–H and O–H groups in total. The molecule has 0 unspecified atom stereocenters. The Balaban J connectivity index is 0.00000243. The monoisotopic (exact) mass is 369 g/mol. The van der Waals surface area contributed by atoms with E-state index in [2.05, 4.69) is 4.99 Å². The third-order valence-corrected chi connectivity index (χ3v) is 3.54. The van der Waals surface area contributed by atoms with Crippen molar-refractivity contribution in [3.63, 3.8) is 0 Å². The molecular formula is C19H16ClN3O3. The zero-order valence-electron chi connectivity index (χ0n) is 13.6. The van der Waals surface area contributed by atoms with Gasteiger partial charge in [0.15, 0.2) is 5.84 Å². The van der Waals surface area contributed by atoms with Crippen molar-refractivity contribution in [3.05, 3.63) is 101 Å². The molecule has 26 heavy (non-hydrogen) atoms. The lowest BCUT2D eigenvalue weighted by Gasteiger charge is -2.19. The fourth-order valence-corrected chi connectivity index (χ4v) is 2.34. The van der Waals surface area contributed by atoms with Crippen LogP contribution in [0.1, 0.15) is 5.56 Å². The van der Waals surface area contributed by atoms with Crippen molar-refractivity contribution in [2.24, 2.45) is 4.99 Å². The normalized spacial score (nSPS) is 10.7. The molecule has 6 nitrogen and oxygen atoms in total. The predicted molar refractivity (Wildman–Crippen MR) is 104 cm³/mol. The fourth-order valence-electron chi connectivity index (χ4n) is 2.34. The molecule has 0 atom stereocenters. The SMILES string of the molecule is Cl.O=[N+]([O-])c1ccccc1N=C(c1ccccc1)N(O)c1ccccc1. The molecule has 0 heterocycles. The number of anilines is 1. The minimum absolute atomic E-state index is 0. The molecule has 3 aromatic rings. The van der Waals surface area contributed by atoms with E-state index < -0.39 is 4.92 Å². The Hall–Kier alpha value is -3.22. The number of nitro benzene ring substituents is 1. The van der Waals surface area contributed by atoms with Gasteiger partial charge in [-0.05, 0) is 18.2 Å². The molecule has 0 aliphatic carbocycles. The first-order chi connectivity index (χ1) is 12.2. The molecule has 0 saturated heterocycles. The van der Waals surface area contributed by atoms with Gasteiger partial charge in [-0.1, -0.05) is 60.7 Å². The second-order valence-electron chi connectivity index (χ2n) is 5.19. The number of halogens is 1. The van der Waals surface area contributed by atoms with Gasteiger partial charge in [-0.2, -0.15) is 0 Å². The van der Waals surface area contributed by atoms with Gasteiger partial charge in [0.2, 0.25) is 0 Å². The molecule has 0 bridgehead atoms. The van der Waals surface area contributed by atoms with Crippen LogP contribution < -0.4 is 5.06 Å². The van der Waals surface area contributed by atoms with Crippen molar-refractivity contribution in [2.75, 3.05) is 5.06 Å². The maximum Gasteiger partial charge on any atom is 0.294 e. The molecule has 0 aliphatic heterocycles. The summed E-state index contributed by atoms with van der Waals surface area (Å²) in [6.45, 7) is 0. The highest BCUT2D eigenvalue weighted by molar-refractivity contribution is 6.09. The summed E-state index contributed by atoms with van der Waals surface area (Å²) in [7, 11) is 0. The van der Waals surface area contributed by atoms with Crippen molar-refractivity contribution in [1.82, 2.24) is 0 Å². The zero-order chi connectivity index (χ0) is 17.6. The van der Waals surface area contributed by atoms with Gasteiger partial charge in [0, 0.05) is 11.6 Å². The van der Waals surface area contributed by atoms with Crippen molar-refractivity contribution in [3.8, 4) is 0 Å². The maximum absolute atomic E-state index is 11.2. The summed E-state index contributed by atoms with van der Waals surface area (Å²) in [6, 6.07) is 24.0. The number of amidine groups is 1. The van der Waals surface area contributed by atoms with Gasteiger partial charge in [-0.25, -0.2) is 10.1 Å². The molecule has 0 fully saturated rings. The van der Waals surface area contributed by atoms with E-state index in [0.29, 0.717) is 11.3 Å². The smallest absolute Gasteiger partial charge is 0.282 e. The van der Waals surface area contributed by atoms with E-state index in [0.717, 1.165) is 5.06 Å². The lowest BCUT2D eigenvalue weighted by atomic mass is 10.2. The zero-order valence-corrected chi connectivity index (χ0v) is 14.4. The van der Waals surface area contributed by atoms with Crippen LogP contribution in [-0.4, -0.2) is 16.0 Å². The van der Waals surface area contributed by atoms with Gasteiger partial charge in [0.05, 0.1) is 10.6 Å². The van der Waals surface area contributed by atoms with Gasteiger partial charge in [0.1, 0.15) is 5.69 Å². The topological polar surface area (TPSA) is 79.0 Å². The molecule has 7 heteroatoms. The molecule has 0 aromatic heterocycles. The Bertz CT molecular complexity index is 902. The molecule has 132 valence electrons. The Morgan fingerprint density at radius 3 is 2.04 bits per heavy atom. The summed E-state index contributed by atoms with van der Waals surface area (Å²) < 4.78 is 0. The van der Waals surface area contributed by atoms with Crippen LogP contribution in [0, 0.1) is 10.1 Å². The Morgan fingerprint density at radius 2 is 1.42 bits per heavy atom. The summed E-state index contributed by atoms with van der Waals surface area (Å²) >= 11 is 0. The van der Waals surface area contributed by atoms with Gasteiger partial charge < -0.3 is 0 Å². The number of nitrogens with zero attached hydrogens (tertiary/aromatic N) is 3. The van der Waals surface area contributed by atoms with Crippen LogP contribution in [-0.2, 0) is 0 Å². The Morgan fingerprint density at radius 1 is 0.885 bits per heavy atom. The highest BCUT2D eigenvalue weighted by Gasteiger charge is 2.17. The minimum atomic E-state index is -0.494. The van der Waals surface area contributed by atoms with E-state index in [9.17, 15) is 15.3 Å². The molecule has 0 amide bonds. The molecule has 0 radical (unpaired) electrons. The van der Waals surface area contributed by atoms with Crippen LogP contribution in [0.5, 0.6) is 0 Å². The predicted octanol–water partition coefficient (Wildman–Crippen LogP) is 4.99. The number of nitro groups is 1. The van der Waals surface area contributed by atoms with Gasteiger partial charge in [-0.3, -0.25) is 15.3 Å². The molecule has 3 aromatic carbocycles. The van der Waals surface area contributed by atoms with E-state index >= 15 is 0 Å². The summed E-state index contributed by atoms with van der Waals surface area (Å²) in [5, 5.41) is 22.8. The standard InChI is InChI=1S/C19H15N3O3.ClH/c23-21(16-11-5-2-6-12-16)19(15-9-3-1-4-10-15)20-17-13-7-8-14-18(17)22(24)25;/h1-14,23H;1H. The Kier molecular flexibility index (Phi) is 6.43. The van der Waals surface area contributed by atoms with Gasteiger partial charge in [-0.15, -0.1) is 12.4 Å². The third-order valence-electron chi connectivity index (χ3n) is 3.54. The second-order valence-corrected chi connectivity index (χ2v) is 5.19. The number of benzene rings is 3. The van der Waals surface area contributed by atoms with E-state index in [4.69, 9.17) is 0 Å². The first-order valence-corrected chi connectivity index (χ1v) is 7.58. The van der Waals surface area contributed by atoms with Gasteiger partial charge in [0.25, 0.3) is 5.69 Å². The minimum Gasteiger partial charge on any atom is -0.282 e. The number of hydroxylamine groups is 1. The third kappa shape index (κ3) is 4.24. The van der Waals surface area contributed by atoms with Gasteiger partial charge >= 0.3 is 0 Å². The van der Waals surface area contributed by atoms with E-state index in [-0.39, 0.29) is 29.6 Å². The number of hydrogen-bond donors (Lipinski definition) is 1. The molecule has 0 aliphatic rings. The first kappa shape index (κ1) is 19.1. The van der Waals surface area contributed by atoms with E-state index in [1.54, 1.807) is 54.6 Å². The largest absolute Gasteiger partial charge is 0.294 e. The van der Waals surface area contributed by atoms with Crippen molar-refractivity contribution in [1.29, 1.82) is 0 Å². The summed E-state index contributed by atoms with van der Waals surface area (Å²) in [5.74, 6) is 0.195. The average Bonchev–Trinajstić information content (AvgIpc) is 2.67. The first-order valence-electron chi connectivity index (χ1n) is 7.58. The highest BCUT2D eigenvalue weighted by atomic mass is 35.5. The van der Waals surface area contributed by atoms with Crippen LogP contribution in [0.15, 0.2) is 89.9 Å². The number of para-hydroxylation sites is 3.